The first kappa shape index (κ1) is 13.7. The van der Waals surface area contributed by atoms with Crippen LogP contribution in [0.4, 0.5) is 5.95 Å². The molecule has 1 aromatic carbocycles. The largest absolute Gasteiger partial charge is 0.379 e. The van der Waals surface area contributed by atoms with Crippen molar-refractivity contribution in [2.24, 2.45) is 0 Å². The van der Waals surface area contributed by atoms with E-state index < -0.39 is 0 Å². The molecule has 1 N–H and O–H groups in total. The van der Waals surface area contributed by atoms with E-state index in [0.29, 0.717) is 5.95 Å². The lowest BCUT2D eigenvalue weighted by Crippen LogP contribution is -2.39. The van der Waals surface area contributed by atoms with Crippen LogP contribution in [0.25, 0.3) is 10.9 Å². The number of rotatable bonds is 4. The zero-order valence-corrected chi connectivity index (χ0v) is 12.8. The highest BCUT2D eigenvalue weighted by Gasteiger charge is 2.09. The van der Waals surface area contributed by atoms with Gasteiger partial charge in [-0.2, -0.15) is 0 Å². The van der Waals surface area contributed by atoms with Crippen molar-refractivity contribution >= 4 is 32.8 Å². The molecule has 0 bridgehead atoms. The standard InChI is InChI=1S/C14H17BrN4O/c15-12-1-2-13-11(9-12)10-17-14(18-13)16-3-4-19-5-7-20-8-6-19/h1-2,9-10H,3-8H2,(H,16,17,18). The van der Waals surface area contributed by atoms with Gasteiger partial charge in [0, 0.05) is 42.2 Å². The molecule has 1 saturated heterocycles. The monoisotopic (exact) mass is 336 g/mol. The van der Waals surface area contributed by atoms with E-state index in [-0.39, 0.29) is 0 Å². The van der Waals surface area contributed by atoms with Crippen molar-refractivity contribution in [3.63, 3.8) is 0 Å². The summed E-state index contributed by atoms with van der Waals surface area (Å²) in [5, 5.41) is 4.32. The van der Waals surface area contributed by atoms with Gasteiger partial charge in [-0.15, -0.1) is 0 Å². The van der Waals surface area contributed by atoms with E-state index in [1.165, 1.54) is 0 Å². The number of halogens is 1. The molecule has 5 nitrogen and oxygen atoms in total. The molecule has 0 unspecified atom stereocenters. The Balaban J connectivity index is 1.58. The minimum atomic E-state index is 0.688. The van der Waals surface area contributed by atoms with E-state index in [0.717, 1.165) is 54.8 Å². The number of hydrogen-bond donors (Lipinski definition) is 1. The molecule has 2 heterocycles. The summed E-state index contributed by atoms with van der Waals surface area (Å²) in [5.74, 6) is 0.688. The fourth-order valence-corrected chi connectivity index (χ4v) is 2.62. The van der Waals surface area contributed by atoms with Gasteiger partial charge in [0.15, 0.2) is 0 Å². The van der Waals surface area contributed by atoms with E-state index in [1.807, 2.05) is 24.4 Å². The van der Waals surface area contributed by atoms with Crippen LogP contribution in [0.3, 0.4) is 0 Å². The van der Waals surface area contributed by atoms with Crippen LogP contribution in [0.2, 0.25) is 0 Å². The van der Waals surface area contributed by atoms with Gasteiger partial charge in [-0.3, -0.25) is 4.90 Å². The van der Waals surface area contributed by atoms with Crippen LogP contribution < -0.4 is 5.32 Å². The van der Waals surface area contributed by atoms with E-state index in [2.05, 4.69) is 36.1 Å². The third-order valence-corrected chi connectivity index (χ3v) is 3.85. The summed E-state index contributed by atoms with van der Waals surface area (Å²) in [6.45, 7) is 5.53. The molecule has 2 aromatic rings. The molecule has 0 radical (unpaired) electrons. The third kappa shape index (κ3) is 3.45. The summed E-state index contributed by atoms with van der Waals surface area (Å²) in [5.41, 5.74) is 0.956. The Labute approximate surface area is 126 Å². The molecule has 0 aliphatic carbocycles. The van der Waals surface area contributed by atoms with E-state index in [4.69, 9.17) is 4.74 Å². The maximum Gasteiger partial charge on any atom is 0.223 e. The minimum absolute atomic E-state index is 0.688. The minimum Gasteiger partial charge on any atom is -0.379 e. The maximum atomic E-state index is 5.33. The molecule has 106 valence electrons. The summed E-state index contributed by atoms with van der Waals surface area (Å²) in [6.07, 6.45) is 1.85. The topological polar surface area (TPSA) is 50.3 Å². The highest BCUT2D eigenvalue weighted by Crippen LogP contribution is 2.18. The number of anilines is 1. The average Bonchev–Trinajstić information content (AvgIpc) is 2.48. The highest BCUT2D eigenvalue weighted by molar-refractivity contribution is 9.10. The lowest BCUT2D eigenvalue weighted by Gasteiger charge is -2.26. The second kappa shape index (κ2) is 6.47. The first-order chi connectivity index (χ1) is 9.81. The number of nitrogens with one attached hydrogen (secondary N) is 1. The zero-order valence-electron chi connectivity index (χ0n) is 11.2. The van der Waals surface area contributed by atoms with Gasteiger partial charge in [-0.1, -0.05) is 15.9 Å². The quantitative estimate of drug-likeness (QED) is 0.926. The van der Waals surface area contributed by atoms with Crippen molar-refractivity contribution in [3.8, 4) is 0 Å². The van der Waals surface area contributed by atoms with Gasteiger partial charge >= 0.3 is 0 Å². The SMILES string of the molecule is Brc1ccc2nc(NCCN3CCOCC3)ncc2c1. The Morgan fingerprint density at radius 3 is 3.00 bits per heavy atom. The van der Waals surface area contributed by atoms with Crippen LogP contribution in [-0.4, -0.2) is 54.3 Å². The van der Waals surface area contributed by atoms with Crippen molar-refractivity contribution in [1.82, 2.24) is 14.9 Å². The molecule has 1 aliphatic heterocycles. The molecule has 0 amide bonds. The molecule has 6 heteroatoms. The summed E-state index contributed by atoms with van der Waals surface area (Å²) in [4.78, 5) is 11.2. The molecule has 0 atom stereocenters. The molecule has 3 rings (SSSR count). The van der Waals surface area contributed by atoms with Crippen molar-refractivity contribution in [2.45, 2.75) is 0 Å². The van der Waals surface area contributed by atoms with Gasteiger partial charge in [0.25, 0.3) is 0 Å². The molecular formula is C14H17BrN4O. The van der Waals surface area contributed by atoms with E-state index in [1.54, 1.807) is 0 Å². The Bertz CT molecular complexity index is 586. The Hall–Kier alpha value is -1.24. The maximum absolute atomic E-state index is 5.33. The van der Waals surface area contributed by atoms with Gasteiger partial charge < -0.3 is 10.1 Å². The van der Waals surface area contributed by atoms with Gasteiger partial charge in [0.1, 0.15) is 0 Å². The molecular weight excluding hydrogens is 320 g/mol. The van der Waals surface area contributed by atoms with Crippen LogP contribution in [0.5, 0.6) is 0 Å². The fraction of sp³-hybridized carbons (Fsp3) is 0.429. The molecule has 0 saturated carbocycles. The van der Waals surface area contributed by atoms with Crippen molar-refractivity contribution in [2.75, 3.05) is 44.7 Å². The summed E-state index contributed by atoms with van der Waals surface area (Å²) >= 11 is 3.45. The van der Waals surface area contributed by atoms with Gasteiger partial charge in [-0.05, 0) is 18.2 Å². The van der Waals surface area contributed by atoms with Gasteiger partial charge in [0.2, 0.25) is 5.95 Å². The molecule has 1 aliphatic rings. The number of ether oxygens (including phenoxy) is 1. The second-order valence-electron chi connectivity index (χ2n) is 4.78. The van der Waals surface area contributed by atoms with Crippen molar-refractivity contribution in [1.29, 1.82) is 0 Å². The van der Waals surface area contributed by atoms with E-state index in [9.17, 15) is 0 Å². The number of nitrogens with zero attached hydrogens (tertiary/aromatic N) is 3. The van der Waals surface area contributed by atoms with Crippen molar-refractivity contribution in [3.05, 3.63) is 28.9 Å². The third-order valence-electron chi connectivity index (χ3n) is 3.36. The summed E-state index contributed by atoms with van der Waals surface area (Å²) in [7, 11) is 0. The lowest BCUT2D eigenvalue weighted by molar-refractivity contribution is 0.0398. The van der Waals surface area contributed by atoms with Crippen LogP contribution in [0, 0.1) is 0 Å². The van der Waals surface area contributed by atoms with Crippen LogP contribution in [0.1, 0.15) is 0 Å². The van der Waals surface area contributed by atoms with Gasteiger partial charge in [-0.25, -0.2) is 9.97 Å². The highest BCUT2D eigenvalue weighted by atomic mass is 79.9. The Morgan fingerprint density at radius 1 is 1.30 bits per heavy atom. The predicted molar refractivity (Wildman–Crippen MR) is 83.0 cm³/mol. The number of morpholine rings is 1. The smallest absolute Gasteiger partial charge is 0.223 e. The summed E-state index contributed by atoms with van der Waals surface area (Å²) in [6, 6.07) is 6.01. The Kier molecular flexibility index (Phi) is 4.44. The van der Waals surface area contributed by atoms with Gasteiger partial charge in [0.05, 0.1) is 18.7 Å². The van der Waals surface area contributed by atoms with Crippen LogP contribution in [-0.2, 0) is 4.74 Å². The first-order valence-electron chi connectivity index (χ1n) is 6.77. The fourth-order valence-electron chi connectivity index (χ4n) is 2.24. The average molecular weight is 337 g/mol. The molecule has 0 spiro atoms. The number of benzene rings is 1. The first-order valence-corrected chi connectivity index (χ1v) is 7.57. The van der Waals surface area contributed by atoms with Crippen LogP contribution >= 0.6 is 15.9 Å². The van der Waals surface area contributed by atoms with Crippen LogP contribution in [0.15, 0.2) is 28.9 Å². The number of hydrogen-bond acceptors (Lipinski definition) is 5. The predicted octanol–water partition coefficient (Wildman–Crippen LogP) is 2.14. The number of aromatic nitrogens is 2. The molecule has 1 fully saturated rings. The lowest BCUT2D eigenvalue weighted by atomic mass is 10.2. The Morgan fingerprint density at radius 2 is 2.15 bits per heavy atom. The van der Waals surface area contributed by atoms with E-state index >= 15 is 0 Å². The molecule has 1 aromatic heterocycles. The zero-order chi connectivity index (χ0) is 13.8. The molecule has 20 heavy (non-hydrogen) atoms. The second-order valence-corrected chi connectivity index (χ2v) is 5.69. The summed E-state index contributed by atoms with van der Waals surface area (Å²) < 4.78 is 6.37. The normalized spacial score (nSPS) is 16.4. The number of fused-ring (bicyclic) bond motifs is 1. The van der Waals surface area contributed by atoms with Crippen molar-refractivity contribution < 1.29 is 4.74 Å².